The number of quaternary nitrogens is 1. The van der Waals surface area contributed by atoms with Crippen LogP contribution < -0.4 is 10.0 Å². The first-order valence-electron chi connectivity index (χ1n) is 5.37. The Kier molecular flexibility index (Phi) is 3.07. The van der Waals surface area contributed by atoms with Gasteiger partial charge in [-0.05, 0) is 12.5 Å². The third-order valence-corrected chi connectivity index (χ3v) is 4.06. The van der Waals surface area contributed by atoms with E-state index in [9.17, 15) is 9.90 Å². The van der Waals surface area contributed by atoms with Crippen molar-refractivity contribution in [3.05, 3.63) is 21.4 Å². The summed E-state index contributed by atoms with van der Waals surface area (Å²) in [6.07, 6.45) is 2.20. The molecule has 1 unspecified atom stereocenters. The molecule has 0 amide bonds. The van der Waals surface area contributed by atoms with Gasteiger partial charge in [-0.3, -0.25) is 0 Å². The lowest BCUT2D eigenvalue weighted by atomic mass is 10.1. The maximum Gasteiger partial charge on any atom is 0.104 e. The van der Waals surface area contributed by atoms with E-state index in [1.807, 2.05) is 0 Å². The molecule has 0 saturated heterocycles. The summed E-state index contributed by atoms with van der Waals surface area (Å²) in [6, 6.07) is 1.80. The summed E-state index contributed by atoms with van der Waals surface area (Å²) in [7, 11) is 0. The molecular weight excluding hydrogens is 210 g/mol. The molecule has 15 heavy (non-hydrogen) atoms. The second-order valence-corrected chi connectivity index (χ2v) is 5.16. The summed E-state index contributed by atoms with van der Waals surface area (Å²) in [5.41, 5.74) is 1.22. The molecule has 4 heteroatoms. The topological polar surface area (TPSA) is 44.6 Å². The van der Waals surface area contributed by atoms with Crippen LogP contribution in [0.1, 0.15) is 33.5 Å². The molecule has 1 N–H and O–H groups in total. The number of thiophene rings is 1. The van der Waals surface area contributed by atoms with Gasteiger partial charge in [0.1, 0.15) is 6.54 Å². The predicted octanol–water partition coefficient (Wildman–Crippen LogP) is -0.537. The van der Waals surface area contributed by atoms with E-state index in [0.717, 1.165) is 19.5 Å². The van der Waals surface area contributed by atoms with Gasteiger partial charge in [0.2, 0.25) is 0 Å². The normalized spacial score (nSPS) is 19.9. The van der Waals surface area contributed by atoms with Crippen molar-refractivity contribution < 1.29 is 14.8 Å². The zero-order chi connectivity index (χ0) is 10.8. The van der Waals surface area contributed by atoms with E-state index in [-0.39, 0.29) is 0 Å². The van der Waals surface area contributed by atoms with E-state index in [1.54, 1.807) is 11.0 Å². The smallest absolute Gasteiger partial charge is 0.104 e. The lowest BCUT2D eigenvalue weighted by molar-refractivity contribution is -0.915. The molecule has 0 radical (unpaired) electrons. The maximum atomic E-state index is 10.7. The van der Waals surface area contributed by atoms with Gasteiger partial charge in [0.15, 0.2) is 0 Å². The van der Waals surface area contributed by atoms with Crippen LogP contribution in [-0.4, -0.2) is 19.1 Å². The fraction of sp³-hybridized carbons (Fsp3) is 0.545. The van der Waals surface area contributed by atoms with Gasteiger partial charge in [-0.1, -0.05) is 6.92 Å². The highest BCUT2D eigenvalue weighted by atomic mass is 32.1. The van der Waals surface area contributed by atoms with Crippen LogP contribution in [0.4, 0.5) is 0 Å². The number of carboxylic acids is 1. The van der Waals surface area contributed by atoms with Crippen molar-refractivity contribution in [3.8, 4) is 0 Å². The minimum atomic E-state index is -1.04. The zero-order valence-corrected chi connectivity index (χ0v) is 9.65. The number of fused-ring (bicyclic) bond motifs is 1. The Bertz CT molecular complexity index is 373. The van der Waals surface area contributed by atoms with Crippen molar-refractivity contribution in [2.24, 2.45) is 0 Å². The Morgan fingerprint density at radius 2 is 2.47 bits per heavy atom. The maximum absolute atomic E-state index is 10.7. The average molecular weight is 225 g/mol. The van der Waals surface area contributed by atoms with Gasteiger partial charge >= 0.3 is 0 Å². The molecule has 3 nitrogen and oxygen atoms in total. The molecule has 2 heterocycles. The summed E-state index contributed by atoms with van der Waals surface area (Å²) in [6.45, 7) is 5.47. The van der Waals surface area contributed by atoms with Gasteiger partial charge in [0.05, 0.1) is 23.9 Å². The Hall–Kier alpha value is -0.870. The fourth-order valence-corrected chi connectivity index (χ4v) is 3.16. The van der Waals surface area contributed by atoms with Gasteiger partial charge in [0.25, 0.3) is 0 Å². The highest BCUT2D eigenvalue weighted by Gasteiger charge is 2.21. The van der Waals surface area contributed by atoms with E-state index in [4.69, 9.17) is 0 Å². The van der Waals surface area contributed by atoms with Crippen molar-refractivity contribution in [1.29, 1.82) is 0 Å². The lowest BCUT2D eigenvalue weighted by Crippen LogP contribution is -3.11. The van der Waals surface area contributed by atoms with Crippen molar-refractivity contribution in [2.45, 2.75) is 26.3 Å². The second-order valence-electron chi connectivity index (χ2n) is 4.02. The van der Waals surface area contributed by atoms with Crippen molar-refractivity contribution >= 4 is 17.3 Å². The first-order chi connectivity index (χ1) is 7.20. The summed E-state index contributed by atoms with van der Waals surface area (Å²) >= 11 is 1.39. The van der Waals surface area contributed by atoms with E-state index in [2.05, 4.69) is 6.92 Å². The molecule has 1 aliphatic rings. The van der Waals surface area contributed by atoms with Crippen LogP contribution in [0.15, 0.2) is 6.07 Å². The zero-order valence-electron chi connectivity index (χ0n) is 8.84. The predicted molar refractivity (Wildman–Crippen MR) is 57.0 cm³/mol. The summed E-state index contributed by atoms with van der Waals surface area (Å²) in [5.74, 6) is -1.04. The molecule has 0 spiro atoms. The number of carbonyl (C=O) groups is 1. The van der Waals surface area contributed by atoms with Crippen LogP contribution in [0.25, 0.3) is 0 Å². The number of carboxylic acid groups (broad SMARTS) is 1. The Balaban J connectivity index is 2.15. The molecule has 1 aliphatic heterocycles. The lowest BCUT2D eigenvalue weighted by Gasteiger charge is -2.23. The van der Waals surface area contributed by atoms with Gasteiger partial charge in [-0.25, -0.2) is 0 Å². The fourth-order valence-electron chi connectivity index (χ4n) is 2.14. The van der Waals surface area contributed by atoms with Crippen LogP contribution in [0, 0.1) is 0 Å². The van der Waals surface area contributed by atoms with Crippen molar-refractivity contribution in [2.75, 3.05) is 13.1 Å². The summed E-state index contributed by atoms with van der Waals surface area (Å²) < 4.78 is 0. The van der Waals surface area contributed by atoms with Crippen molar-refractivity contribution in [3.63, 3.8) is 0 Å². The Morgan fingerprint density at radius 1 is 1.67 bits per heavy atom. The number of carbonyl (C=O) groups excluding carboxylic acids is 1. The third-order valence-electron chi connectivity index (χ3n) is 2.85. The quantitative estimate of drug-likeness (QED) is 0.751. The SMILES string of the molecule is CCC[NH+]1CCc2sc(C(=O)[O-])cc2C1. The largest absolute Gasteiger partial charge is 0.544 e. The molecule has 0 bridgehead atoms. The van der Waals surface area contributed by atoms with E-state index in [1.165, 1.54) is 34.7 Å². The Labute approximate surface area is 93.3 Å². The molecule has 0 aromatic carbocycles. The Morgan fingerprint density at radius 3 is 3.13 bits per heavy atom. The van der Waals surface area contributed by atoms with Crippen LogP contribution >= 0.6 is 11.3 Å². The highest BCUT2D eigenvalue weighted by Crippen LogP contribution is 2.23. The van der Waals surface area contributed by atoms with Gasteiger partial charge in [-0.15, -0.1) is 11.3 Å². The molecule has 0 fully saturated rings. The minimum absolute atomic E-state index is 0.387. The first-order valence-corrected chi connectivity index (χ1v) is 6.19. The number of hydrogen-bond donors (Lipinski definition) is 1. The van der Waals surface area contributed by atoms with E-state index in [0.29, 0.717) is 4.88 Å². The van der Waals surface area contributed by atoms with Gasteiger partial charge in [0, 0.05) is 16.9 Å². The number of aromatic carboxylic acids is 1. The monoisotopic (exact) mass is 225 g/mol. The molecule has 82 valence electrons. The van der Waals surface area contributed by atoms with Crippen molar-refractivity contribution in [1.82, 2.24) is 0 Å². The standard InChI is InChI=1S/C11H15NO2S/c1-2-4-12-5-3-9-8(7-12)6-10(15-9)11(13)14/h6H,2-5,7H2,1H3,(H,13,14). The van der Waals surface area contributed by atoms with Gasteiger partial charge in [-0.2, -0.15) is 0 Å². The molecule has 0 aliphatic carbocycles. The third kappa shape index (κ3) is 2.21. The van der Waals surface area contributed by atoms with Crippen LogP contribution in [0.2, 0.25) is 0 Å². The molecule has 2 rings (SSSR count). The molecular formula is C11H15NO2S. The van der Waals surface area contributed by atoms with Crippen LogP contribution in [0.3, 0.4) is 0 Å². The molecule has 1 aromatic rings. The number of hydrogen-bond acceptors (Lipinski definition) is 3. The number of rotatable bonds is 3. The molecule has 0 saturated carbocycles. The van der Waals surface area contributed by atoms with Crippen LogP contribution in [-0.2, 0) is 13.0 Å². The second kappa shape index (κ2) is 4.33. The average Bonchev–Trinajstić information content (AvgIpc) is 2.61. The number of nitrogens with one attached hydrogen (secondary N) is 1. The first kappa shape index (κ1) is 10.6. The summed E-state index contributed by atoms with van der Waals surface area (Å²) in [5, 5.41) is 10.7. The molecule has 1 atom stereocenters. The minimum Gasteiger partial charge on any atom is -0.544 e. The van der Waals surface area contributed by atoms with E-state index >= 15 is 0 Å². The molecule has 1 aromatic heterocycles. The van der Waals surface area contributed by atoms with Crippen LogP contribution in [0.5, 0.6) is 0 Å². The van der Waals surface area contributed by atoms with Gasteiger partial charge < -0.3 is 14.8 Å². The highest BCUT2D eigenvalue weighted by molar-refractivity contribution is 7.14. The summed E-state index contributed by atoms with van der Waals surface area (Å²) in [4.78, 5) is 13.9. The van der Waals surface area contributed by atoms with E-state index < -0.39 is 5.97 Å².